The lowest BCUT2D eigenvalue weighted by Crippen LogP contribution is -2.20. The molecule has 0 unspecified atom stereocenters. The Hall–Kier alpha value is -5.40. The average molecular weight is 539 g/mol. The number of halogens is 4. The number of imidazole rings is 2. The fraction of sp³-hybridized carbons (Fsp3) is 0.0400. The van der Waals surface area contributed by atoms with Gasteiger partial charge in [0.25, 0.3) is 5.91 Å². The minimum atomic E-state index is -4.68. The van der Waals surface area contributed by atoms with Crippen molar-refractivity contribution < 1.29 is 31.9 Å². The number of amides is 3. The number of hydrogen-bond acceptors (Lipinski definition) is 5. The number of anilines is 3. The molecule has 198 valence electrons. The first kappa shape index (κ1) is 25.3. The lowest BCUT2D eigenvalue weighted by molar-refractivity contribution is -0.137. The predicted octanol–water partition coefficient (Wildman–Crippen LogP) is 6.13. The van der Waals surface area contributed by atoms with Crippen LogP contribution in [0.5, 0.6) is 11.5 Å². The van der Waals surface area contributed by atoms with Crippen LogP contribution in [0.15, 0.2) is 73.2 Å². The van der Waals surface area contributed by atoms with Gasteiger partial charge in [0.1, 0.15) is 23.0 Å². The number of ether oxygens (including phenoxy) is 1. The molecule has 0 aliphatic heterocycles. The van der Waals surface area contributed by atoms with E-state index < -0.39 is 35.2 Å². The van der Waals surface area contributed by atoms with Gasteiger partial charge in [0.15, 0.2) is 0 Å². The highest BCUT2D eigenvalue weighted by Gasteiger charge is 2.31. The van der Waals surface area contributed by atoms with Crippen molar-refractivity contribution in [1.29, 1.82) is 0 Å². The van der Waals surface area contributed by atoms with Crippen molar-refractivity contribution in [3.8, 4) is 11.5 Å². The van der Waals surface area contributed by atoms with Crippen LogP contribution in [0.25, 0.3) is 11.0 Å². The van der Waals surface area contributed by atoms with Gasteiger partial charge in [-0.3, -0.25) is 10.1 Å². The highest BCUT2D eigenvalue weighted by Crippen LogP contribution is 2.32. The Bertz CT molecular complexity index is 1650. The summed E-state index contributed by atoms with van der Waals surface area (Å²) < 4.78 is 58.3. The van der Waals surface area contributed by atoms with E-state index in [1.165, 1.54) is 24.7 Å². The van der Waals surface area contributed by atoms with E-state index in [9.17, 15) is 27.2 Å². The van der Waals surface area contributed by atoms with E-state index in [1.54, 1.807) is 30.3 Å². The minimum absolute atomic E-state index is 0.206. The number of benzene rings is 3. The molecule has 0 fully saturated rings. The molecule has 3 aromatic carbocycles. The summed E-state index contributed by atoms with van der Waals surface area (Å²) in [6, 6.07) is 11.9. The molecule has 5 aromatic rings. The molecule has 0 aliphatic rings. The fourth-order valence-corrected chi connectivity index (χ4v) is 3.49. The summed E-state index contributed by atoms with van der Waals surface area (Å²) in [6.07, 6.45) is -1.85. The number of rotatable bonds is 6. The smallest absolute Gasteiger partial charge is 0.416 e. The standard InChI is InChI=1S/C25H17F4N7O3/c26-17-7-1-13(25(27,28)29)9-19(17)35-24(38)32-14-2-4-15(5-3-14)39-16-6-8-18-20(10-16)34-23(33-18)36-22(37)21-11-30-12-31-21/h1-12H,(H,30,31)(H2,32,35,38)(H2,33,34,36,37). The Morgan fingerprint density at radius 3 is 2.38 bits per heavy atom. The third kappa shape index (κ3) is 5.95. The Balaban J connectivity index is 1.20. The van der Waals surface area contributed by atoms with Gasteiger partial charge in [-0.25, -0.2) is 19.2 Å². The molecule has 0 spiro atoms. The topological polar surface area (TPSA) is 137 Å². The second-order valence-corrected chi connectivity index (χ2v) is 8.07. The number of urea groups is 1. The van der Waals surface area contributed by atoms with Crippen molar-refractivity contribution in [3.63, 3.8) is 0 Å². The highest BCUT2D eigenvalue weighted by molar-refractivity contribution is 6.02. The number of carbonyl (C=O) groups is 2. The molecule has 3 amide bonds. The normalized spacial score (nSPS) is 11.3. The van der Waals surface area contributed by atoms with Crippen molar-refractivity contribution in [2.45, 2.75) is 6.18 Å². The molecule has 39 heavy (non-hydrogen) atoms. The largest absolute Gasteiger partial charge is 0.457 e. The average Bonchev–Trinajstić information content (AvgIpc) is 3.56. The van der Waals surface area contributed by atoms with E-state index in [4.69, 9.17) is 4.74 Å². The quantitative estimate of drug-likeness (QED) is 0.165. The van der Waals surface area contributed by atoms with E-state index >= 15 is 0 Å². The molecular weight excluding hydrogens is 522 g/mol. The lowest BCUT2D eigenvalue weighted by atomic mass is 10.2. The maximum Gasteiger partial charge on any atom is 0.416 e. The van der Waals surface area contributed by atoms with Gasteiger partial charge < -0.3 is 25.3 Å². The number of H-pyrrole nitrogens is 2. The molecule has 14 heteroatoms. The predicted molar refractivity (Wildman–Crippen MR) is 133 cm³/mol. The van der Waals surface area contributed by atoms with Gasteiger partial charge in [-0.15, -0.1) is 0 Å². The third-order valence-electron chi connectivity index (χ3n) is 5.31. The van der Waals surface area contributed by atoms with Gasteiger partial charge in [0, 0.05) is 18.0 Å². The van der Waals surface area contributed by atoms with Crippen molar-refractivity contribution in [3.05, 3.63) is 90.3 Å². The van der Waals surface area contributed by atoms with Gasteiger partial charge in [0.05, 0.1) is 28.6 Å². The number of aromatic nitrogens is 4. The summed E-state index contributed by atoms with van der Waals surface area (Å²) in [5, 5.41) is 7.09. The highest BCUT2D eigenvalue weighted by atomic mass is 19.4. The number of carbonyl (C=O) groups excluding carboxylic acids is 2. The van der Waals surface area contributed by atoms with Crippen LogP contribution in [0.4, 0.5) is 39.7 Å². The second-order valence-electron chi connectivity index (χ2n) is 8.07. The van der Waals surface area contributed by atoms with Gasteiger partial charge >= 0.3 is 12.2 Å². The molecule has 10 nitrogen and oxygen atoms in total. The van der Waals surface area contributed by atoms with Crippen molar-refractivity contribution in [1.82, 2.24) is 19.9 Å². The zero-order chi connectivity index (χ0) is 27.6. The van der Waals surface area contributed by atoms with Crippen LogP contribution in [-0.2, 0) is 6.18 Å². The summed E-state index contributed by atoms with van der Waals surface area (Å²) in [5.41, 5.74) is -0.0299. The van der Waals surface area contributed by atoms with Crippen LogP contribution in [0, 0.1) is 5.82 Å². The third-order valence-corrected chi connectivity index (χ3v) is 5.31. The van der Waals surface area contributed by atoms with Crippen molar-refractivity contribution >= 4 is 40.3 Å². The number of fused-ring (bicyclic) bond motifs is 1. The lowest BCUT2D eigenvalue weighted by Gasteiger charge is -2.12. The van der Waals surface area contributed by atoms with Gasteiger partial charge in [-0.05, 0) is 54.6 Å². The first-order valence-electron chi connectivity index (χ1n) is 11.2. The van der Waals surface area contributed by atoms with Crippen molar-refractivity contribution in [2.24, 2.45) is 0 Å². The fourth-order valence-electron chi connectivity index (χ4n) is 3.49. The van der Waals surface area contributed by atoms with Gasteiger partial charge in [-0.1, -0.05) is 0 Å². The summed E-state index contributed by atoms with van der Waals surface area (Å²) in [4.78, 5) is 38.2. The zero-order valence-corrected chi connectivity index (χ0v) is 19.6. The summed E-state index contributed by atoms with van der Waals surface area (Å²) >= 11 is 0. The maximum atomic E-state index is 13.9. The zero-order valence-electron chi connectivity index (χ0n) is 19.6. The molecule has 0 bridgehead atoms. The molecule has 0 saturated carbocycles. The summed E-state index contributed by atoms with van der Waals surface area (Å²) in [7, 11) is 0. The number of hydrogen-bond donors (Lipinski definition) is 5. The van der Waals surface area contributed by atoms with Crippen LogP contribution in [0.2, 0.25) is 0 Å². The Morgan fingerprint density at radius 1 is 0.897 bits per heavy atom. The Labute approximate surface area is 216 Å². The number of alkyl halides is 3. The Morgan fingerprint density at radius 2 is 1.67 bits per heavy atom. The maximum absolute atomic E-state index is 13.9. The molecule has 5 rings (SSSR count). The molecule has 0 saturated heterocycles. The van der Waals surface area contributed by atoms with Gasteiger partial charge in [-0.2, -0.15) is 13.2 Å². The number of nitrogens with one attached hydrogen (secondary N) is 5. The first-order chi connectivity index (χ1) is 18.6. The Kier molecular flexibility index (Phi) is 6.58. The van der Waals surface area contributed by atoms with E-state index in [1.807, 2.05) is 0 Å². The summed E-state index contributed by atoms with van der Waals surface area (Å²) in [6.45, 7) is 0. The second kappa shape index (κ2) is 10.2. The SMILES string of the molecule is O=C(Nc1ccc(Oc2ccc3[nH]c(NC(=O)c4c[nH]cn4)nc3c2)cc1)Nc1cc(C(F)(F)F)ccc1F. The van der Waals surface area contributed by atoms with Crippen LogP contribution >= 0.6 is 0 Å². The van der Waals surface area contributed by atoms with E-state index in [2.05, 4.69) is 35.9 Å². The van der Waals surface area contributed by atoms with Crippen molar-refractivity contribution in [2.75, 3.05) is 16.0 Å². The minimum Gasteiger partial charge on any atom is -0.457 e. The van der Waals surface area contributed by atoms with Gasteiger partial charge in [0.2, 0.25) is 5.95 Å². The molecule has 5 N–H and O–H groups in total. The van der Waals surface area contributed by atoms with Crippen LogP contribution < -0.4 is 20.7 Å². The first-order valence-corrected chi connectivity index (χ1v) is 11.2. The molecular formula is C25H17F4N7O3. The van der Waals surface area contributed by atoms with Crippen LogP contribution in [-0.4, -0.2) is 31.9 Å². The monoisotopic (exact) mass is 539 g/mol. The van der Waals surface area contributed by atoms with E-state index in [0.29, 0.717) is 40.7 Å². The number of nitrogens with zero attached hydrogens (tertiary/aromatic N) is 2. The van der Waals surface area contributed by atoms with Crippen LogP contribution in [0.1, 0.15) is 16.1 Å². The molecule has 0 aliphatic carbocycles. The summed E-state index contributed by atoms with van der Waals surface area (Å²) in [5.74, 6) is -0.365. The van der Waals surface area contributed by atoms with E-state index in [-0.39, 0.29) is 17.3 Å². The van der Waals surface area contributed by atoms with Crippen LogP contribution in [0.3, 0.4) is 0 Å². The molecule has 0 atom stereocenters. The number of aromatic amines is 2. The molecule has 2 aromatic heterocycles. The molecule has 2 heterocycles. The van der Waals surface area contributed by atoms with E-state index in [0.717, 1.165) is 0 Å². The molecule has 0 radical (unpaired) electrons.